The van der Waals surface area contributed by atoms with Gasteiger partial charge in [-0.25, -0.2) is 0 Å². The van der Waals surface area contributed by atoms with Crippen LogP contribution in [0.25, 0.3) is 0 Å². The number of hydrogen-bond donors (Lipinski definition) is 1. The van der Waals surface area contributed by atoms with Gasteiger partial charge in [-0.1, -0.05) is 26.0 Å². The van der Waals surface area contributed by atoms with Gasteiger partial charge < -0.3 is 15.2 Å². The molecule has 3 atom stereocenters. The molecular weight excluding hydrogens is 240 g/mol. The molecule has 0 bridgehead atoms. The van der Waals surface area contributed by atoms with Gasteiger partial charge in [0, 0.05) is 12.6 Å². The Labute approximate surface area is 113 Å². The fourth-order valence-corrected chi connectivity index (χ4v) is 3.27. The van der Waals surface area contributed by atoms with E-state index in [0.717, 1.165) is 13.0 Å². The highest BCUT2D eigenvalue weighted by Gasteiger charge is 2.41. The van der Waals surface area contributed by atoms with Crippen LogP contribution in [-0.4, -0.2) is 29.9 Å². The van der Waals surface area contributed by atoms with E-state index in [1.165, 1.54) is 0 Å². The normalized spacial score (nSPS) is 30.2. The summed E-state index contributed by atoms with van der Waals surface area (Å²) in [5.74, 6) is 1.12. The number of hydrogen-bond acceptors (Lipinski definition) is 2. The fraction of sp³-hybridized carbons (Fsp3) is 0.533. The molecule has 2 aliphatic rings. The molecule has 0 spiro atoms. The molecule has 1 fully saturated rings. The fourth-order valence-electron chi connectivity index (χ4n) is 3.27. The topological polar surface area (TPSA) is 47.8 Å². The average molecular weight is 260 g/mol. The van der Waals surface area contributed by atoms with Gasteiger partial charge in [-0.15, -0.1) is 0 Å². The van der Waals surface area contributed by atoms with E-state index in [1.54, 1.807) is 12.1 Å². The van der Waals surface area contributed by atoms with Crippen molar-refractivity contribution in [1.29, 1.82) is 0 Å². The molecule has 4 nitrogen and oxygen atoms in total. The zero-order chi connectivity index (χ0) is 13.6. The molecule has 1 aromatic rings. The summed E-state index contributed by atoms with van der Waals surface area (Å²) in [6.07, 6.45) is 0.961. The molecule has 1 unspecified atom stereocenters. The van der Waals surface area contributed by atoms with E-state index in [2.05, 4.69) is 13.8 Å². The molecule has 1 saturated heterocycles. The second-order valence-corrected chi connectivity index (χ2v) is 6.02. The van der Waals surface area contributed by atoms with Crippen LogP contribution in [0.4, 0.5) is 5.69 Å². The lowest BCUT2D eigenvalue weighted by Gasteiger charge is -2.25. The van der Waals surface area contributed by atoms with Crippen LogP contribution in [0.3, 0.4) is 0 Å². The summed E-state index contributed by atoms with van der Waals surface area (Å²) in [6.45, 7) is 5.66. The van der Waals surface area contributed by atoms with Crippen LogP contribution in [-0.2, 0) is 0 Å². The van der Waals surface area contributed by atoms with Gasteiger partial charge in [0.2, 0.25) is 0 Å². The predicted molar refractivity (Wildman–Crippen MR) is 73.1 cm³/mol. The number of quaternary nitrogens is 1. The van der Waals surface area contributed by atoms with Crippen LogP contribution >= 0.6 is 0 Å². The van der Waals surface area contributed by atoms with E-state index in [0.29, 0.717) is 29.6 Å². The maximum atomic E-state index is 12.6. The van der Waals surface area contributed by atoms with E-state index < -0.39 is 0 Å². The summed E-state index contributed by atoms with van der Waals surface area (Å²) in [6, 6.07) is 7.32. The Morgan fingerprint density at radius 1 is 1.37 bits per heavy atom. The van der Waals surface area contributed by atoms with Crippen molar-refractivity contribution in [3.05, 3.63) is 35.0 Å². The lowest BCUT2D eigenvalue weighted by Crippen LogP contribution is -3.03. The zero-order valence-corrected chi connectivity index (χ0v) is 11.4. The number of fused-ring (bicyclic) bond motifs is 2. The number of carbonyl (C=O) groups is 1. The Hall–Kier alpha value is -1.39. The number of para-hydroxylation sites is 1. The third-order valence-electron chi connectivity index (χ3n) is 4.53. The highest BCUT2D eigenvalue weighted by atomic mass is 16.5. The number of amides is 1. The molecule has 19 heavy (non-hydrogen) atoms. The number of nitrogens with one attached hydrogen (secondary N) is 1. The Bertz CT molecular complexity index is 501. The number of nitrogens with zero attached hydrogens (tertiary/aromatic N) is 1. The predicted octanol–water partition coefficient (Wildman–Crippen LogP) is 1.20. The molecule has 0 saturated carbocycles. The highest BCUT2D eigenvalue weighted by Crippen LogP contribution is 2.31. The van der Waals surface area contributed by atoms with E-state index in [9.17, 15) is 10.0 Å². The van der Waals surface area contributed by atoms with Crippen molar-refractivity contribution in [2.45, 2.75) is 26.3 Å². The van der Waals surface area contributed by atoms with E-state index in [1.807, 2.05) is 17.0 Å². The minimum absolute atomic E-state index is 0.0367. The summed E-state index contributed by atoms with van der Waals surface area (Å²) < 4.78 is 0. The van der Waals surface area contributed by atoms with Gasteiger partial charge >= 0.3 is 0 Å². The number of carbonyl (C=O) groups excluding carboxylic acids is 1. The monoisotopic (exact) mass is 260 g/mol. The maximum Gasteiger partial charge on any atom is 0.260 e. The molecule has 3 rings (SSSR count). The average Bonchev–Trinajstić information content (AvgIpc) is 2.78. The van der Waals surface area contributed by atoms with Gasteiger partial charge in [0.25, 0.3) is 5.91 Å². The Kier molecular flexibility index (Phi) is 3.07. The van der Waals surface area contributed by atoms with E-state index in [4.69, 9.17) is 0 Å². The molecular formula is C15H20N2O2. The third-order valence-corrected chi connectivity index (χ3v) is 4.53. The van der Waals surface area contributed by atoms with Crippen molar-refractivity contribution in [2.24, 2.45) is 11.8 Å². The summed E-state index contributed by atoms with van der Waals surface area (Å²) in [5.41, 5.74) is 1.18. The lowest BCUT2D eigenvalue weighted by atomic mass is 9.93. The van der Waals surface area contributed by atoms with Crippen LogP contribution in [0, 0.1) is 17.0 Å². The van der Waals surface area contributed by atoms with Crippen LogP contribution in [0.5, 0.6) is 0 Å². The van der Waals surface area contributed by atoms with E-state index in [-0.39, 0.29) is 17.0 Å². The SMILES string of the molecule is CC(C)[C@H]1C[C@H]2C[NH+]([O-])c3ccccc3C(=O)N2C1. The van der Waals surface area contributed by atoms with Crippen molar-refractivity contribution in [1.82, 2.24) is 4.90 Å². The van der Waals surface area contributed by atoms with Crippen molar-refractivity contribution >= 4 is 11.6 Å². The molecule has 102 valence electrons. The van der Waals surface area contributed by atoms with Crippen molar-refractivity contribution in [2.75, 3.05) is 13.1 Å². The smallest absolute Gasteiger partial charge is 0.260 e. The first-order valence-electron chi connectivity index (χ1n) is 7.01. The van der Waals surface area contributed by atoms with Crippen LogP contribution < -0.4 is 5.06 Å². The number of rotatable bonds is 1. The van der Waals surface area contributed by atoms with Crippen molar-refractivity contribution < 1.29 is 9.86 Å². The van der Waals surface area contributed by atoms with Gasteiger partial charge in [-0.3, -0.25) is 4.79 Å². The lowest BCUT2D eigenvalue weighted by molar-refractivity contribution is -0.778. The van der Waals surface area contributed by atoms with Crippen LogP contribution in [0.1, 0.15) is 30.6 Å². The molecule has 2 aliphatic heterocycles. The Balaban J connectivity index is 1.96. The van der Waals surface area contributed by atoms with Gasteiger partial charge in [-0.2, -0.15) is 0 Å². The summed E-state index contributed by atoms with van der Waals surface area (Å²) in [5, 5.41) is 12.4. The quantitative estimate of drug-likeness (QED) is 0.771. The van der Waals surface area contributed by atoms with Gasteiger partial charge in [0.1, 0.15) is 17.8 Å². The highest BCUT2D eigenvalue weighted by molar-refractivity contribution is 5.98. The standard InChI is InChI=1S/C15H20N2O2/c1-10(2)11-7-12-9-17(19)14-6-4-3-5-13(14)15(18)16(12)8-11/h3-6,10-12,17H,7-9H2,1-2H3/t11-,12-/m0/s1. The molecule has 2 heterocycles. The summed E-state index contributed by atoms with van der Waals surface area (Å²) in [4.78, 5) is 14.5. The first-order chi connectivity index (χ1) is 9.08. The van der Waals surface area contributed by atoms with Crippen molar-refractivity contribution in [3.63, 3.8) is 0 Å². The molecule has 1 N–H and O–H groups in total. The van der Waals surface area contributed by atoms with Gasteiger partial charge in [0.05, 0.1) is 6.04 Å². The molecule has 0 aromatic heterocycles. The third kappa shape index (κ3) is 2.05. The second kappa shape index (κ2) is 4.62. The first kappa shape index (κ1) is 12.6. The minimum atomic E-state index is 0.0367. The Morgan fingerprint density at radius 3 is 2.84 bits per heavy atom. The minimum Gasteiger partial charge on any atom is -0.629 e. The van der Waals surface area contributed by atoms with Crippen LogP contribution in [0.15, 0.2) is 24.3 Å². The molecule has 1 amide bonds. The molecule has 4 heteroatoms. The summed E-state index contributed by atoms with van der Waals surface area (Å²) in [7, 11) is 0. The van der Waals surface area contributed by atoms with Crippen molar-refractivity contribution in [3.8, 4) is 0 Å². The van der Waals surface area contributed by atoms with Crippen LogP contribution in [0.2, 0.25) is 0 Å². The summed E-state index contributed by atoms with van der Waals surface area (Å²) >= 11 is 0. The maximum absolute atomic E-state index is 12.6. The largest absolute Gasteiger partial charge is 0.629 e. The molecule has 0 aliphatic carbocycles. The first-order valence-corrected chi connectivity index (χ1v) is 7.01. The van der Waals surface area contributed by atoms with Gasteiger partial charge in [-0.05, 0) is 24.3 Å². The number of hydroxylamine groups is 1. The molecule has 0 radical (unpaired) electrons. The number of benzene rings is 1. The zero-order valence-electron chi connectivity index (χ0n) is 11.4. The molecule has 1 aromatic carbocycles. The van der Waals surface area contributed by atoms with Gasteiger partial charge in [0.15, 0.2) is 0 Å². The van der Waals surface area contributed by atoms with E-state index >= 15 is 0 Å². The Morgan fingerprint density at radius 2 is 2.11 bits per heavy atom. The second-order valence-electron chi connectivity index (χ2n) is 6.02.